The first kappa shape index (κ1) is 33.8. The molecule has 20 heteroatoms. The Morgan fingerprint density at radius 2 is 1.98 bits per heavy atom. The van der Waals surface area contributed by atoms with E-state index < -0.39 is 73.5 Å². The van der Waals surface area contributed by atoms with Gasteiger partial charge in [0.2, 0.25) is 11.8 Å². The predicted molar refractivity (Wildman–Crippen MR) is 156 cm³/mol. The predicted octanol–water partition coefficient (Wildman–Crippen LogP) is 0.106. The van der Waals surface area contributed by atoms with Crippen molar-refractivity contribution in [2.75, 3.05) is 39.3 Å². The van der Waals surface area contributed by atoms with Crippen molar-refractivity contribution < 1.29 is 47.9 Å². The number of aliphatic hydroxyl groups excluding tert-OH is 1. The highest BCUT2D eigenvalue weighted by Gasteiger charge is 2.54. The van der Waals surface area contributed by atoms with Gasteiger partial charge in [-0.1, -0.05) is 11.4 Å². The third-order valence-electron chi connectivity index (χ3n) is 7.15. The van der Waals surface area contributed by atoms with E-state index in [2.05, 4.69) is 20.0 Å². The number of carbonyl (C=O) groups excluding carboxylic acids is 3. The number of hydrogen-bond donors (Lipinski definition) is 4. The molecule has 0 aliphatic carbocycles. The summed E-state index contributed by atoms with van der Waals surface area (Å²) in [6, 6.07) is -2.56. The molecule has 0 saturated carbocycles. The zero-order chi connectivity index (χ0) is 32.7. The van der Waals surface area contributed by atoms with Gasteiger partial charge in [0.05, 0.1) is 26.1 Å². The fraction of sp³-hybridized carbons (Fsp3) is 0.667. The first-order chi connectivity index (χ1) is 20.5. The molecule has 0 unspecified atom stereocenters. The number of imide groups is 1. The van der Waals surface area contributed by atoms with Gasteiger partial charge in [-0.2, -0.15) is 9.97 Å². The molecule has 0 radical (unpaired) electrons. The number of esters is 1. The van der Waals surface area contributed by atoms with Gasteiger partial charge in [-0.15, -0.1) is 0 Å². The number of aliphatic hydroxyl groups is 2. The molecule has 2 fully saturated rings. The van der Waals surface area contributed by atoms with Gasteiger partial charge in [0.25, 0.3) is 5.91 Å². The molecule has 2 aliphatic heterocycles. The summed E-state index contributed by atoms with van der Waals surface area (Å²) in [5.41, 5.74) is 4.28. The molecule has 2 aromatic rings. The Morgan fingerprint density at radius 1 is 1.30 bits per heavy atom. The molecule has 3 amide bonds. The van der Waals surface area contributed by atoms with Crippen LogP contribution in [0.3, 0.4) is 0 Å². The smallest absolute Gasteiger partial charge is 0.327 e. The maximum absolute atomic E-state index is 14.1. The number of anilines is 1. The van der Waals surface area contributed by atoms with E-state index in [1.165, 1.54) is 50.8 Å². The third-order valence-corrected chi connectivity index (χ3v) is 11.2. The molecule has 5 N–H and O–H groups in total. The number of nitrogens with two attached hydrogens (primary N) is 1. The molecular weight excluding hydrogens is 623 g/mol. The van der Waals surface area contributed by atoms with Crippen LogP contribution in [0.4, 0.5) is 10.7 Å². The molecule has 4 heterocycles. The van der Waals surface area contributed by atoms with Gasteiger partial charge in [-0.05, 0) is 27.7 Å². The maximum atomic E-state index is 14.1. The van der Waals surface area contributed by atoms with Gasteiger partial charge in [0.1, 0.15) is 29.9 Å². The Bertz CT molecular complexity index is 1470. The minimum Gasteiger partial charge on any atom is -0.479 e. The number of fused-ring (bicyclic) bond motifs is 1. The lowest BCUT2D eigenvalue weighted by Gasteiger charge is -2.27. The van der Waals surface area contributed by atoms with E-state index in [9.17, 15) is 29.2 Å². The third kappa shape index (κ3) is 6.49. The lowest BCUT2D eigenvalue weighted by molar-refractivity contribution is -0.149. The lowest BCUT2D eigenvalue weighted by atomic mass is 9.96. The van der Waals surface area contributed by atoms with Crippen molar-refractivity contribution in [2.45, 2.75) is 69.9 Å². The van der Waals surface area contributed by atoms with Crippen LogP contribution in [0.2, 0.25) is 0 Å². The number of aromatic nitrogens is 4. The first-order valence-corrected chi connectivity index (χ1v) is 16.7. The molecule has 4 rings (SSSR count). The van der Waals surface area contributed by atoms with Crippen molar-refractivity contribution in [3.05, 3.63) is 6.33 Å². The standard InChI is InChI=1S/C24H37N8O10PS/c1-11(2)41-20(35)12(3)29-43(38,44-9-13-19(34)31(6)23(36)30(13)5)40-8-14-16(33)24(4,37)21(42-14)32-10-26-15-17(32)27-22(25)28-18(15)39-7/h10-14,16,21,33,37H,8-9H2,1-7H3,(H,29,38)(H2,25,27,28)/t12-,13+,14+,16+,21+,24+,43+/m0/s1. The van der Waals surface area contributed by atoms with Gasteiger partial charge in [-0.3, -0.25) is 23.6 Å². The average molecular weight is 661 g/mol. The largest absolute Gasteiger partial charge is 0.479 e. The number of methoxy groups -OCH3 is 1. The number of rotatable bonds is 12. The van der Waals surface area contributed by atoms with Crippen molar-refractivity contribution in [1.29, 1.82) is 0 Å². The van der Waals surface area contributed by atoms with Crippen molar-refractivity contribution >= 4 is 53.1 Å². The summed E-state index contributed by atoms with van der Waals surface area (Å²) in [7, 11) is 4.16. The normalized spacial score (nSPS) is 27.8. The summed E-state index contributed by atoms with van der Waals surface area (Å²) in [5.74, 6) is -1.36. The van der Waals surface area contributed by atoms with Crippen molar-refractivity contribution in [3.63, 3.8) is 0 Å². The summed E-state index contributed by atoms with van der Waals surface area (Å²) in [6.45, 7) is 1.50. The molecule has 2 saturated heterocycles. The van der Waals surface area contributed by atoms with Crippen LogP contribution in [0.25, 0.3) is 11.2 Å². The van der Waals surface area contributed by atoms with Crippen LogP contribution in [-0.2, 0) is 28.2 Å². The summed E-state index contributed by atoms with van der Waals surface area (Å²) in [5, 5.41) is 25.0. The Morgan fingerprint density at radius 3 is 2.57 bits per heavy atom. The van der Waals surface area contributed by atoms with E-state index in [-0.39, 0.29) is 28.7 Å². The van der Waals surface area contributed by atoms with Crippen LogP contribution in [0, 0.1) is 0 Å². The zero-order valence-corrected chi connectivity index (χ0v) is 26.9. The van der Waals surface area contributed by atoms with Gasteiger partial charge in [-0.25, -0.2) is 14.9 Å². The number of carbonyl (C=O) groups is 3. The monoisotopic (exact) mass is 660 g/mol. The lowest BCUT2D eigenvalue weighted by Crippen LogP contribution is -2.44. The Hall–Kier alpha value is -3.06. The van der Waals surface area contributed by atoms with Crippen LogP contribution in [0.5, 0.6) is 5.88 Å². The van der Waals surface area contributed by atoms with Crippen molar-refractivity contribution in [3.8, 4) is 5.88 Å². The summed E-state index contributed by atoms with van der Waals surface area (Å²) >= 11 is 0.701. The van der Waals surface area contributed by atoms with Crippen molar-refractivity contribution in [1.82, 2.24) is 34.4 Å². The number of hydrogen-bond acceptors (Lipinski definition) is 15. The number of nitrogen functional groups attached to an aromatic ring is 1. The number of imidazole rings is 1. The second-order valence-electron chi connectivity index (χ2n) is 10.8. The maximum Gasteiger partial charge on any atom is 0.327 e. The number of nitrogens with zero attached hydrogens (tertiary/aromatic N) is 6. The topological polar surface area (TPSA) is 234 Å². The summed E-state index contributed by atoms with van der Waals surface area (Å²) < 4.78 is 37.6. The molecule has 7 atom stereocenters. The fourth-order valence-electron chi connectivity index (χ4n) is 4.71. The molecule has 2 aliphatic rings. The second-order valence-corrected chi connectivity index (χ2v) is 15.2. The number of urea groups is 1. The Labute approximate surface area is 256 Å². The molecule has 2 aromatic heterocycles. The fourth-order valence-corrected chi connectivity index (χ4v) is 8.68. The molecular formula is C24H37N8O10PS. The van der Waals surface area contributed by atoms with Crippen LogP contribution in [0.15, 0.2) is 6.33 Å². The highest BCUT2D eigenvalue weighted by molar-refractivity contribution is 8.56. The number of nitrogens with one attached hydrogen (secondary N) is 1. The van der Waals surface area contributed by atoms with Crippen LogP contribution >= 0.6 is 18.1 Å². The molecule has 0 bridgehead atoms. The number of ether oxygens (including phenoxy) is 3. The van der Waals surface area contributed by atoms with Crippen LogP contribution in [0.1, 0.15) is 33.9 Å². The highest BCUT2D eigenvalue weighted by atomic mass is 32.7. The van der Waals surface area contributed by atoms with Crippen LogP contribution in [-0.4, -0.2) is 127 Å². The second kappa shape index (κ2) is 12.7. The average Bonchev–Trinajstić information content (AvgIpc) is 3.52. The molecule has 44 heavy (non-hydrogen) atoms. The van der Waals surface area contributed by atoms with E-state index in [0.717, 1.165) is 4.90 Å². The van der Waals surface area contributed by atoms with Gasteiger partial charge in [0, 0.05) is 19.8 Å². The molecule has 18 nitrogen and oxygen atoms in total. The molecule has 0 spiro atoms. The summed E-state index contributed by atoms with van der Waals surface area (Å²) in [6.07, 6.45) is -3.16. The van der Waals surface area contributed by atoms with E-state index in [1.807, 2.05) is 0 Å². The summed E-state index contributed by atoms with van der Waals surface area (Å²) in [4.78, 5) is 51.9. The van der Waals surface area contributed by atoms with E-state index in [4.69, 9.17) is 24.5 Å². The SMILES string of the molecule is COc1nc(N)nc2c1ncn2[C@@H]1O[C@H](CO[P@](=O)(N[C@@H](C)C(=O)OC(C)C)SC[C@@H]2C(=O)N(C)C(=O)N2C)[C@@H](O)[C@@]1(C)O. The minimum absolute atomic E-state index is 0.0951. The molecule has 244 valence electrons. The highest BCUT2D eigenvalue weighted by Crippen LogP contribution is 2.57. The number of likely N-dealkylation sites (N-methyl/N-ethyl adjacent to an activating group) is 2. The van der Waals surface area contributed by atoms with Crippen LogP contribution < -0.4 is 15.6 Å². The number of amides is 3. The van der Waals surface area contributed by atoms with Gasteiger partial charge < -0.3 is 39.6 Å². The van der Waals surface area contributed by atoms with Gasteiger partial charge in [0.15, 0.2) is 17.4 Å². The Balaban J connectivity index is 1.55. The Kier molecular flexibility index (Phi) is 9.80. The zero-order valence-electron chi connectivity index (χ0n) is 25.2. The first-order valence-electron chi connectivity index (χ1n) is 13.5. The minimum atomic E-state index is -4.06. The molecule has 0 aromatic carbocycles. The van der Waals surface area contributed by atoms with E-state index in [0.29, 0.717) is 11.4 Å². The van der Waals surface area contributed by atoms with E-state index in [1.54, 1.807) is 13.8 Å². The van der Waals surface area contributed by atoms with Crippen molar-refractivity contribution in [2.24, 2.45) is 0 Å². The van der Waals surface area contributed by atoms with Gasteiger partial charge >= 0.3 is 18.7 Å². The quantitative estimate of drug-likeness (QED) is 0.134. The van der Waals surface area contributed by atoms with E-state index >= 15 is 0 Å².